The van der Waals surface area contributed by atoms with Crippen LogP contribution in [0.2, 0.25) is 0 Å². The highest BCUT2D eigenvalue weighted by Gasteiger charge is 2.36. The van der Waals surface area contributed by atoms with Crippen LogP contribution in [0.1, 0.15) is 66.5 Å². The first kappa shape index (κ1) is 23.8. The second-order valence-electron chi connectivity index (χ2n) is 9.79. The Morgan fingerprint density at radius 3 is 2.73 bits per heavy atom. The molecule has 3 aliphatic heterocycles. The minimum Gasteiger partial charge on any atom is -0.493 e. The van der Waals surface area contributed by atoms with Gasteiger partial charge in [-0.05, 0) is 54.2 Å². The van der Waals surface area contributed by atoms with E-state index in [1.54, 1.807) is 24.4 Å². The van der Waals surface area contributed by atoms with Gasteiger partial charge in [0.25, 0.3) is 0 Å². The summed E-state index contributed by atoms with van der Waals surface area (Å²) in [6.45, 7) is 4.97. The molecule has 0 N–H and O–H groups in total. The average molecular weight is 504 g/mol. The van der Waals surface area contributed by atoms with Crippen LogP contribution >= 0.6 is 0 Å². The van der Waals surface area contributed by atoms with E-state index in [0.29, 0.717) is 6.61 Å². The lowest BCUT2D eigenvalue weighted by Crippen LogP contribution is -2.40. The van der Waals surface area contributed by atoms with E-state index in [1.165, 1.54) is 41.5 Å². The second kappa shape index (κ2) is 10.4. The third kappa shape index (κ3) is 4.64. The molecule has 9 heteroatoms. The summed E-state index contributed by atoms with van der Waals surface area (Å²) in [5.74, 6) is 3.31. The minimum atomic E-state index is 0.249. The van der Waals surface area contributed by atoms with Gasteiger partial charge >= 0.3 is 0 Å². The fraction of sp³-hybridized carbons (Fsp3) is 0.464. The lowest BCUT2D eigenvalue weighted by Gasteiger charge is -2.42. The van der Waals surface area contributed by atoms with Gasteiger partial charge in [0.1, 0.15) is 12.7 Å². The number of rotatable bonds is 9. The van der Waals surface area contributed by atoms with Crippen LogP contribution in [0.3, 0.4) is 0 Å². The van der Waals surface area contributed by atoms with Crippen molar-refractivity contribution in [1.29, 1.82) is 0 Å². The Morgan fingerprint density at radius 2 is 1.92 bits per heavy atom. The normalized spacial score (nSPS) is 17.9. The van der Waals surface area contributed by atoms with Crippen LogP contribution in [0.15, 0.2) is 36.0 Å². The van der Waals surface area contributed by atoms with E-state index < -0.39 is 0 Å². The Balaban J connectivity index is 1.38. The molecule has 1 aromatic heterocycles. The van der Waals surface area contributed by atoms with Crippen LogP contribution < -0.4 is 18.9 Å². The summed E-state index contributed by atoms with van der Waals surface area (Å²) >= 11 is 0. The fourth-order valence-corrected chi connectivity index (χ4v) is 5.64. The smallest absolute Gasteiger partial charge is 0.231 e. The molecule has 4 heterocycles. The van der Waals surface area contributed by atoms with Gasteiger partial charge in [0.15, 0.2) is 23.0 Å². The van der Waals surface area contributed by atoms with Crippen molar-refractivity contribution in [3.05, 3.63) is 58.7 Å². The van der Waals surface area contributed by atoms with Crippen LogP contribution in [0.5, 0.6) is 23.0 Å². The van der Waals surface area contributed by atoms with Crippen molar-refractivity contribution >= 4 is 6.21 Å². The van der Waals surface area contributed by atoms with Gasteiger partial charge in [-0.25, -0.2) is 4.68 Å². The van der Waals surface area contributed by atoms with E-state index in [1.807, 2.05) is 12.3 Å². The van der Waals surface area contributed by atoms with Gasteiger partial charge in [-0.1, -0.05) is 26.2 Å². The van der Waals surface area contributed by atoms with Crippen molar-refractivity contribution in [3.8, 4) is 23.0 Å². The molecule has 3 aliphatic rings. The first-order valence-electron chi connectivity index (χ1n) is 13.2. The van der Waals surface area contributed by atoms with Gasteiger partial charge in [-0.3, -0.25) is 4.90 Å². The number of ether oxygens (including phenoxy) is 4. The van der Waals surface area contributed by atoms with Crippen LogP contribution in [0.4, 0.5) is 0 Å². The number of nitrogens with zero attached hydrogens (tertiary/aromatic N) is 5. The number of hydrogen-bond acceptors (Lipinski definition) is 8. The molecular formula is C28H33N5O4. The summed E-state index contributed by atoms with van der Waals surface area (Å²) < 4.78 is 25.2. The first-order valence-corrected chi connectivity index (χ1v) is 13.2. The van der Waals surface area contributed by atoms with Gasteiger partial charge in [0.05, 0.1) is 19.9 Å². The summed E-state index contributed by atoms with van der Waals surface area (Å²) in [5.41, 5.74) is 6.12. The number of hydrogen-bond donors (Lipinski definition) is 0. The zero-order valence-corrected chi connectivity index (χ0v) is 21.5. The van der Waals surface area contributed by atoms with Gasteiger partial charge < -0.3 is 18.9 Å². The van der Waals surface area contributed by atoms with Crippen molar-refractivity contribution in [2.45, 2.75) is 58.0 Å². The highest BCUT2D eigenvalue weighted by atomic mass is 16.7. The first-order chi connectivity index (χ1) is 18.2. The molecule has 0 amide bonds. The summed E-state index contributed by atoms with van der Waals surface area (Å²) in [6.07, 6.45) is 11.5. The van der Waals surface area contributed by atoms with Gasteiger partial charge in [0, 0.05) is 30.3 Å². The number of fused-ring (bicyclic) bond motifs is 5. The van der Waals surface area contributed by atoms with Crippen molar-refractivity contribution in [1.82, 2.24) is 19.8 Å². The van der Waals surface area contributed by atoms with Crippen LogP contribution in [0, 0.1) is 0 Å². The molecule has 0 saturated carbocycles. The summed E-state index contributed by atoms with van der Waals surface area (Å²) in [5, 5.41) is 12.3. The van der Waals surface area contributed by atoms with Crippen LogP contribution in [-0.4, -0.2) is 53.0 Å². The maximum absolute atomic E-state index is 6.43. The zero-order chi connectivity index (χ0) is 25.2. The number of aromatic nitrogens is 3. The van der Waals surface area contributed by atoms with Gasteiger partial charge in [0.2, 0.25) is 6.79 Å². The maximum atomic E-state index is 6.43. The third-order valence-electron chi connectivity index (χ3n) is 7.56. The van der Waals surface area contributed by atoms with Crippen LogP contribution in [0.25, 0.3) is 0 Å². The van der Waals surface area contributed by atoms with E-state index in [-0.39, 0.29) is 12.8 Å². The summed E-state index contributed by atoms with van der Waals surface area (Å²) in [4.78, 5) is 2.55. The van der Waals surface area contributed by atoms with E-state index in [4.69, 9.17) is 18.9 Å². The monoisotopic (exact) mass is 503 g/mol. The lowest BCUT2D eigenvalue weighted by atomic mass is 9.82. The van der Waals surface area contributed by atoms with Crippen molar-refractivity contribution in [2.75, 3.05) is 27.1 Å². The number of benzene rings is 2. The molecule has 37 heavy (non-hydrogen) atoms. The summed E-state index contributed by atoms with van der Waals surface area (Å²) in [6, 6.07) is 6.64. The van der Waals surface area contributed by atoms with E-state index in [2.05, 4.69) is 39.3 Å². The highest BCUT2D eigenvalue weighted by molar-refractivity contribution is 5.84. The third-order valence-corrected chi connectivity index (χ3v) is 7.56. The molecule has 0 fully saturated rings. The van der Waals surface area contributed by atoms with Gasteiger partial charge in [-0.15, -0.1) is 10.2 Å². The molecule has 2 aromatic carbocycles. The molecule has 6 rings (SSSR count). The highest BCUT2D eigenvalue weighted by Crippen LogP contribution is 2.47. The quantitative estimate of drug-likeness (QED) is 0.314. The molecule has 0 bridgehead atoms. The van der Waals surface area contributed by atoms with Crippen molar-refractivity contribution in [2.24, 2.45) is 5.10 Å². The molecule has 0 aliphatic carbocycles. The fourth-order valence-electron chi connectivity index (χ4n) is 5.64. The second-order valence-corrected chi connectivity index (χ2v) is 9.79. The molecule has 0 radical (unpaired) electrons. The van der Waals surface area contributed by atoms with Crippen molar-refractivity contribution < 1.29 is 18.9 Å². The number of methoxy groups -OCH3 is 1. The Hall–Kier alpha value is -3.59. The van der Waals surface area contributed by atoms with E-state index in [0.717, 1.165) is 60.9 Å². The Labute approximate surface area is 217 Å². The molecule has 194 valence electrons. The molecule has 1 atom stereocenters. The molecule has 3 aromatic rings. The van der Waals surface area contributed by atoms with E-state index in [9.17, 15) is 0 Å². The maximum Gasteiger partial charge on any atom is 0.231 e. The van der Waals surface area contributed by atoms with E-state index >= 15 is 0 Å². The van der Waals surface area contributed by atoms with Crippen LogP contribution in [-0.2, 0) is 19.4 Å². The SMILES string of the molecule is CCCCCCOc1c(OC)cc(/C=N/n2cnnc2)c2c1CN1CCc3cc4c(cc3C1C2)OCO4. The van der Waals surface area contributed by atoms with Crippen molar-refractivity contribution in [3.63, 3.8) is 0 Å². The topological polar surface area (TPSA) is 83.2 Å². The molecule has 0 spiro atoms. The predicted octanol–water partition coefficient (Wildman–Crippen LogP) is 4.51. The Morgan fingerprint density at radius 1 is 1.08 bits per heavy atom. The lowest BCUT2D eigenvalue weighted by molar-refractivity contribution is 0.155. The molecule has 0 saturated heterocycles. The average Bonchev–Trinajstić information content (AvgIpc) is 3.61. The minimum absolute atomic E-state index is 0.249. The van der Waals surface area contributed by atoms with Gasteiger partial charge in [-0.2, -0.15) is 5.10 Å². The zero-order valence-electron chi connectivity index (χ0n) is 21.5. The largest absolute Gasteiger partial charge is 0.493 e. The Kier molecular flexibility index (Phi) is 6.70. The predicted molar refractivity (Wildman–Crippen MR) is 139 cm³/mol. The molecule has 1 unspecified atom stereocenters. The molecular weight excluding hydrogens is 470 g/mol. The number of unbranched alkanes of at least 4 members (excludes halogenated alkanes) is 3. The summed E-state index contributed by atoms with van der Waals surface area (Å²) in [7, 11) is 1.71. The standard InChI is InChI=1S/C28H33N5O4/c1-3-4-5-6-9-35-28-23-15-32-8-7-19-10-25-26(37-18-36-25)13-22(19)24(32)12-21(23)20(11-27(28)34-2)14-31-33-16-29-30-17-33/h10-11,13-14,16-17,24H,3-9,12,15,18H2,1-2H3/b31-14+. The Bertz CT molecular complexity index is 1290. The molecule has 9 nitrogen and oxygen atoms in total.